The fourth-order valence-corrected chi connectivity index (χ4v) is 1.60. The van der Waals surface area contributed by atoms with Crippen molar-refractivity contribution in [1.29, 1.82) is 0 Å². The van der Waals surface area contributed by atoms with Crippen molar-refractivity contribution >= 4 is 17.8 Å². The molecule has 0 aromatic heterocycles. The maximum Gasteiger partial charge on any atom is 0.338 e. The molecule has 7 nitrogen and oxygen atoms in total. The van der Waals surface area contributed by atoms with Crippen molar-refractivity contribution in [2.24, 2.45) is 5.73 Å². The highest BCUT2D eigenvalue weighted by Crippen LogP contribution is 2.07. The van der Waals surface area contributed by atoms with Crippen molar-refractivity contribution in [3.8, 4) is 0 Å². The van der Waals surface area contributed by atoms with Crippen LogP contribution in [0.3, 0.4) is 0 Å². The number of hydrogen-bond donors (Lipinski definition) is 3. The lowest BCUT2D eigenvalue weighted by Gasteiger charge is -2.16. The summed E-state index contributed by atoms with van der Waals surface area (Å²) < 4.78 is 4.93. The van der Waals surface area contributed by atoms with E-state index in [9.17, 15) is 14.4 Å². The molecule has 2 atom stereocenters. The molecule has 0 saturated carbocycles. The molecule has 1 amide bonds. The summed E-state index contributed by atoms with van der Waals surface area (Å²) in [6.07, 6.45) is 0.847. The summed E-state index contributed by atoms with van der Waals surface area (Å²) in [5, 5.41) is 11.2. The Morgan fingerprint density at radius 3 is 2.32 bits per heavy atom. The number of aliphatic carboxylic acids is 1. The maximum atomic E-state index is 11.8. The number of aryl methyl sites for hydroxylation is 1. The van der Waals surface area contributed by atoms with Crippen LogP contribution in [0.1, 0.15) is 29.8 Å². The van der Waals surface area contributed by atoms with Crippen LogP contribution in [-0.2, 0) is 20.7 Å². The van der Waals surface area contributed by atoms with E-state index in [-0.39, 0.29) is 0 Å². The van der Waals surface area contributed by atoms with Gasteiger partial charge in [0.05, 0.1) is 11.6 Å². The molecule has 0 radical (unpaired) electrons. The van der Waals surface area contributed by atoms with Gasteiger partial charge in [0.1, 0.15) is 6.61 Å². The quantitative estimate of drug-likeness (QED) is 0.624. The number of carboxylic acid groups (broad SMARTS) is 1. The van der Waals surface area contributed by atoms with Gasteiger partial charge in [0.25, 0.3) is 0 Å². The zero-order valence-electron chi connectivity index (χ0n) is 12.5. The lowest BCUT2D eigenvalue weighted by atomic mass is 10.1. The van der Waals surface area contributed by atoms with E-state index >= 15 is 0 Å². The van der Waals surface area contributed by atoms with E-state index in [4.69, 9.17) is 15.6 Å². The Morgan fingerprint density at radius 2 is 1.86 bits per heavy atom. The zero-order chi connectivity index (χ0) is 16.7. The molecule has 4 N–H and O–H groups in total. The lowest BCUT2D eigenvalue weighted by molar-refractivity contribution is -0.143. The van der Waals surface area contributed by atoms with Gasteiger partial charge >= 0.3 is 11.9 Å². The van der Waals surface area contributed by atoms with E-state index in [1.54, 1.807) is 24.3 Å². The molecule has 0 aliphatic rings. The van der Waals surface area contributed by atoms with Gasteiger partial charge in [-0.2, -0.15) is 0 Å². The molecule has 0 fully saturated rings. The smallest absolute Gasteiger partial charge is 0.338 e. The fraction of sp³-hybridized carbons (Fsp3) is 0.400. The highest BCUT2D eigenvalue weighted by atomic mass is 16.5. The Hall–Kier alpha value is -2.41. The number of amides is 1. The Morgan fingerprint density at radius 1 is 1.27 bits per heavy atom. The summed E-state index contributed by atoms with van der Waals surface area (Å²) in [6.45, 7) is 2.95. The molecule has 1 aromatic carbocycles. The molecular weight excluding hydrogens is 288 g/mol. The first-order valence-electron chi connectivity index (χ1n) is 6.90. The monoisotopic (exact) mass is 308 g/mol. The number of nitrogens with one attached hydrogen (secondary N) is 1. The Kier molecular flexibility index (Phi) is 6.52. The van der Waals surface area contributed by atoms with Crippen LogP contribution in [0.25, 0.3) is 0 Å². The van der Waals surface area contributed by atoms with Crippen LogP contribution < -0.4 is 11.1 Å². The number of nitrogens with two attached hydrogens (primary N) is 1. The molecule has 0 bridgehead atoms. The maximum absolute atomic E-state index is 11.8. The molecule has 1 rings (SSSR count). The fourth-order valence-electron chi connectivity index (χ4n) is 1.60. The molecule has 0 saturated heterocycles. The molecule has 0 aliphatic carbocycles. The first-order valence-corrected chi connectivity index (χ1v) is 6.90. The number of carboxylic acids is 1. The highest BCUT2D eigenvalue weighted by molar-refractivity contribution is 5.90. The summed E-state index contributed by atoms with van der Waals surface area (Å²) >= 11 is 0. The number of hydrogen-bond acceptors (Lipinski definition) is 5. The summed E-state index contributed by atoms with van der Waals surface area (Å²) in [4.78, 5) is 34.3. The van der Waals surface area contributed by atoms with Crippen molar-refractivity contribution in [2.75, 3.05) is 6.61 Å². The molecule has 0 unspecified atom stereocenters. The molecule has 22 heavy (non-hydrogen) atoms. The third-order valence-corrected chi connectivity index (χ3v) is 3.01. The molecule has 7 heteroatoms. The van der Waals surface area contributed by atoms with Crippen LogP contribution in [0, 0.1) is 0 Å². The van der Waals surface area contributed by atoms with Crippen LogP contribution >= 0.6 is 0 Å². The van der Waals surface area contributed by atoms with Crippen LogP contribution in [0.4, 0.5) is 0 Å². The summed E-state index contributed by atoms with van der Waals surface area (Å²) in [7, 11) is 0. The van der Waals surface area contributed by atoms with Gasteiger partial charge in [0.2, 0.25) is 5.91 Å². The lowest BCUT2D eigenvalue weighted by Crippen LogP contribution is -2.49. The van der Waals surface area contributed by atoms with Crippen LogP contribution in [0.15, 0.2) is 24.3 Å². The van der Waals surface area contributed by atoms with E-state index < -0.39 is 36.5 Å². The van der Waals surface area contributed by atoms with Gasteiger partial charge < -0.3 is 20.9 Å². The predicted molar refractivity (Wildman–Crippen MR) is 79.3 cm³/mol. The van der Waals surface area contributed by atoms with Crippen molar-refractivity contribution < 1.29 is 24.2 Å². The zero-order valence-corrected chi connectivity index (χ0v) is 12.5. The second-order valence-electron chi connectivity index (χ2n) is 4.84. The van der Waals surface area contributed by atoms with Crippen molar-refractivity contribution in [2.45, 2.75) is 32.4 Å². The number of carbonyl (C=O) groups is 3. The van der Waals surface area contributed by atoms with Gasteiger partial charge in [-0.05, 0) is 31.0 Å². The van der Waals surface area contributed by atoms with Gasteiger partial charge in [-0.1, -0.05) is 19.1 Å². The molecule has 1 aromatic rings. The Balaban J connectivity index is 2.61. The van der Waals surface area contributed by atoms with E-state index in [1.165, 1.54) is 6.92 Å². The standard InChI is InChI=1S/C15H20N2O5/c1-3-10-4-6-11(7-5-10)15(21)22-8-12(14(19)20)17-13(18)9(2)16/h4-7,9,12H,3,8,16H2,1-2H3,(H,17,18)(H,19,20)/t9-,12+/m1/s1. The van der Waals surface area contributed by atoms with Crippen molar-refractivity contribution in [3.05, 3.63) is 35.4 Å². The van der Waals surface area contributed by atoms with Gasteiger partial charge in [-0.15, -0.1) is 0 Å². The van der Waals surface area contributed by atoms with E-state index in [0.717, 1.165) is 12.0 Å². The third kappa shape index (κ3) is 5.17. The molecule has 0 heterocycles. The summed E-state index contributed by atoms with van der Waals surface area (Å²) in [6, 6.07) is 4.62. The number of carbonyl (C=O) groups excluding carboxylic acids is 2. The largest absolute Gasteiger partial charge is 0.480 e. The minimum atomic E-state index is -1.34. The second-order valence-corrected chi connectivity index (χ2v) is 4.84. The van der Waals surface area contributed by atoms with Gasteiger partial charge in [-0.25, -0.2) is 9.59 Å². The molecule has 120 valence electrons. The van der Waals surface area contributed by atoms with Gasteiger partial charge in [-0.3, -0.25) is 4.79 Å². The van der Waals surface area contributed by atoms with E-state index in [1.807, 2.05) is 6.92 Å². The minimum Gasteiger partial charge on any atom is -0.480 e. The summed E-state index contributed by atoms with van der Waals surface area (Å²) in [5.74, 6) is -2.58. The second kappa shape index (κ2) is 8.14. The van der Waals surface area contributed by atoms with Gasteiger partial charge in [0.15, 0.2) is 6.04 Å². The molecule has 0 spiro atoms. The molecule has 0 aliphatic heterocycles. The van der Waals surface area contributed by atoms with Crippen molar-refractivity contribution in [1.82, 2.24) is 5.32 Å². The number of ether oxygens (including phenoxy) is 1. The number of rotatable bonds is 7. The minimum absolute atomic E-state index is 0.319. The Bertz CT molecular complexity index is 539. The van der Waals surface area contributed by atoms with Crippen molar-refractivity contribution in [3.63, 3.8) is 0 Å². The number of esters is 1. The Labute approximate surface area is 128 Å². The average molecular weight is 308 g/mol. The first-order chi connectivity index (χ1) is 10.3. The molecular formula is C15H20N2O5. The first kappa shape index (κ1) is 17.6. The van der Waals surface area contributed by atoms with Crippen LogP contribution in [0.2, 0.25) is 0 Å². The topological polar surface area (TPSA) is 119 Å². The third-order valence-electron chi connectivity index (χ3n) is 3.01. The van der Waals surface area contributed by atoms with Crippen LogP contribution in [0.5, 0.6) is 0 Å². The predicted octanol–water partition coefficient (Wildman–Crippen LogP) is 0.322. The van der Waals surface area contributed by atoms with E-state index in [0.29, 0.717) is 5.56 Å². The number of benzene rings is 1. The van der Waals surface area contributed by atoms with Crippen LogP contribution in [-0.4, -0.2) is 41.6 Å². The normalized spacial score (nSPS) is 13.0. The van der Waals surface area contributed by atoms with Gasteiger partial charge in [0, 0.05) is 0 Å². The SMILES string of the molecule is CCc1ccc(C(=O)OC[C@H](NC(=O)[C@@H](C)N)C(=O)O)cc1. The highest BCUT2D eigenvalue weighted by Gasteiger charge is 2.23. The summed E-state index contributed by atoms with van der Waals surface area (Å²) in [5.41, 5.74) is 6.74. The van der Waals surface area contributed by atoms with E-state index in [2.05, 4.69) is 5.32 Å². The average Bonchev–Trinajstić information content (AvgIpc) is 2.50.